The number of H-pyrrole nitrogens is 1. The molecule has 9 heteroatoms. The van der Waals surface area contributed by atoms with Crippen LogP contribution in [0, 0.1) is 24.1 Å². The van der Waals surface area contributed by atoms with Gasteiger partial charge in [0.2, 0.25) is 5.88 Å². The third kappa shape index (κ3) is 3.58. The number of fused-ring (bicyclic) bond motifs is 1. The molecule has 168 valence electrons. The first-order valence-corrected chi connectivity index (χ1v) is 10.3. The lowest BCUT2D eigenvalue weighted by atomic mass is 9.72. The molecule has 0 unspecified atom stereocenters. The Morgan fingerprint density at radius 1 is 1.31 bits per heavy atom. The van der Waals surface area contributed by atoms with Crippen LogP contribution in [0.4, 0.5) is 15.8 Å². The first-order valence-electron chi connectivity index (χ1n) is 10.3. The molecule has 0 saturated heterocycles. The van der Waals surface area contributed by atoms with Gasteiger partial charge in [-0.25, -0.2) is 9.37 Å². The number of nitrogen functional groups attached to an aromatic ring is 2. The van der Waals surface area contributed by atoms with Gasteiger partial charge < -0.3 is 31.7 Å². The number of ether oxygens (including phenoxy) is 1. The minimum absolute atomic E-state index is 0.0859. The number of rotatable bonds is 5. The van der Waals surface area contributed by atoms with Crippen LogP contribution in [-0.2, 0) is 0 Å². The van der Waals surface area contributed by atoms with E-state index in [1.165, 1.54) is 12.1 Å². The van der Waals surface area contributed by atoms with Crippen LogP contribution in [0.25, 0.3) is 22.2 Å². The van der Waals surface area contributed by atoms with Gasteiger partial charge in [-0.1, -0.05) is 6.07 Å². The van der Waals surface area contributed by atoms with Gasteiger partial charge in [0.25, 0.3) is 5.56 Å². The summed E-state index contributed by atoms with van der Waals surface area (Å²) in [6.07, 6.45) is 2.25. The molecule has 4 rings (SSSR count). The van der Waals surface area contributed by atoms with Gasteiger partial charge in [0, 0.05) is 22.9 Å². The SMILES string of the molecule is Cc1cc2[nH]c(=O)c(N)c(-c3ccc(F)c(N)c3C=N)c2nc1OC1CC(C(C)(C)O)C1. The van der Waals surface area contributed by atoms with Crippen molar-refractivity contribution in [3.8, 4) is 17.0 Å². The van der Waals surface area contributed by atoms with Gasteiger partial charge in [0.15, 0.2) is 0 Å². The van der Waals surface area contributed by atoms with E-state index in [0.29, 0.717) is 35.3 Å². The van der Waals surface area contributed by atoms with Crippen molar-refractivity contribution in [3.05, 3.63) is 45.5 Å². The number of anilines is 2. The lowest BCUT2D eigenvalue weighted by Crippen LogP contribution is -2.45. The number of hydrogen-bond acceptors (Lipinski definition) is 7. The first-order chi connectivity index (χ1) is 15.0. The Morgan fingerprint density at radius 3 is 2.62 bits per heavy atom. The quantitative estimate of drug-likeness (QED) is 0.304. The maximum Gasteiger partial charge on any atom is 0.272 e. The molecule has 1 aliphatic carbocycles. The second-order valence-corrected chi connectivity index (χ2v) is 8.88. The number of hydrogen-bond donors (Lipinski definition) is 5. The minimum Gasteiger partial charge on any atom is -0.474 e. The second kappa shape index (κ2) is 7.59. The number of aromatic amines is 1. The van der Waals surface area contributed by atoms with Crippen molar-refractivity contribution in [1.82, 2.24) is 9.97 Å². The van der Waals surface area contributed by atoms with E-state index in [-0.39, 0.29) is 34.5 Å². The molecule has 0 bridgehead atoms. The van der Waals surface area contributed by atoms with E-state index >= 15 is 0 Å². The molecule has 0 amide bonds. The van der Waals surface area contributed by atoms with E-state index in [0.717, 1.165) is 11.8 Å². The zero-order chi connectivity index (χ0) is 23.4. The summed E-state index contributed by atoms with van der Waals surface area (Å²) in [5.41, 5.74) is 12.6. The standard InChI is InChI=1S/C23H26FN5O3/c1-10-6-16-20(29-22(10)32-12-7-11(8-12)23(2,3)31)17(19(27)21(30)28-16)13-4-5-15(24)18(26)14(13)9-25/h4-6,9,11-12,25,31H,7-8,26-27H2,1-3H3,(H,28,30). The average molecular weight is 439 g/mol. The first kappa shape index (κ1) is 21.8. The highest BCUT2D eigenvalue weighted by molar-refractivity contribution is 6.05. The van der Waals surface area contributed by atoms with Crippen LogP contribution >= 0.6 is 0 Å². The van der Waals surface area contributed by atoms with Crippen LogP contribution in [-0.4, -0.2) is 33.0 Å². The smallest absolute Gasteiger partial charge is 0.272 e. The van der Waals surface area contributed by atoms with Gasteiger partial charge in [-0.05, 0) is 57.2 Å². The number of aliphatic hydroxyl groups is 1. The van der Waals surface area contributed by atoms with Gasteiger partial charge in [0.1, 0.15) is 23.1 Å². The number of nitrogens with zero attached hydrogens (tertiary/aromatic N) is 1. The maximum absolute atomic E-state index is 14.0. The highest BCUT2D eigenvalue weighted by atomic mass is 19.1. The fourth-order valence-corrected chi connectivity index (χ4v) is 4.08. The largest absolute Gasteiger partial charge is 0.474 e. The third-order valence-electron chi connectivity index (χ3n) is 6.19. The fourth-order valence-electron chi connectivity index (χ4n) is 4.08. The molecular formula is C23H26FN5O3. The summed E-state index contributed by atoms with van der Waals surface area (Å²) in [4.78, 5) is 19.9. The van der Waals surface area contributed by atoms with Crippen LogP contribution < -0.4 is 21.8 Å². The Kier molecular flexibility index (Phi) is 5.16. The van der Waals surface area contributed by atoms with E-state index in [1.807, 2.05) is 6.92 Å². The van der Waals surface area contributed by atoms with E-state index in [4.69, 9.17) is 21.6 Å². The fraction of sp³-hybridized carbons (Fsp3) is 0.348. The summed E-state index contributed by atoms with van der Waals surface area (Å²) in [7, 11) is 0. The molecule has 0 atom stereocenters. The molecule has 1 aliphatic rings. The highest BCUT2D eigenvalue weighted by Crippen LogP contribution is 2.40. The van der Waals surface area contributed by atoms with Crippen molar-refractivity contribution in [1.29, 1.82) is 5.41 Å². The number of halogens is 1. The summed E-state index contributed by atoms with van der Waals surface area (Å²) >= 11 is 0. The van der Waals surface area contributed by atoms with Crippen LogP contribution in [0.1, 0.15) is 37.8 Å². The number of nitrogens with one attached hydrogen (secondary N) is 2. The van der Waals surface area contributed by atoms with Crippen molar-refractivity contribution in [2.24, 2.45) is 5.92 Å². The number of pyridine rings is 2. The Morgan fingerprint density at radius 2 is 2.00 bits per heavy atom. The van der Waals surface area contributed by atoms with Crippen LogP contribution in [0.3, 0.4) is 0 Å². The summed E-state index contributed by atoms with van der Waals surface area (Å²) in [5, 5.41) is 17.9. The number of aryl methyl sites for hydroxylation is 1. The molecule has 32 heavy (non-hydrogen) atoms. The van der Waals surface area contributed by atoms with Crippen LogP contribution in [0.5, 0.6) is 5.88 Å². The predicted octanol–water partition coefficient (Wildman–Crippen LogP) is 3.13. The second-order valence-electron chi connectivity index (χ2n) is 8.88. The molecule has 7 N–H and O–H groups in total. The van der Waals surface area contributed by atoms with Gasteiger partial charge in [-0.2, -0.15) is 0 Å². The normalized spacial score (nSPS) is 18.4. The maximum atomic E-state index is 14.0. The molecule has 2 heterocycles. The molecule has 0 aliphatic heterocycles. The Labute approximate surface area is 183 Å². The van der Waals surface area contributed by atoms with Crippen LogP contribution in [0.15, 0.2) is 23.0 Å². The van der Waals surface area contributed by atoms with Crippen molar-refractivity contribution in [3.63, 3.8) is 0 Å². The lowest BCUT2D eigenvalue weighted by molar-refractivity contribution is -0.0684. The summed E-state index contributed by atoms with van der Waals surface area (Å²) in [5.74, 6) is -0.136. The minimum atomic E-state index is -0.765. The van der Waals surface area contributed by atoms with E-state index in [9.17, 15) is 14.3 Å². The lowest BCUT2D eigenvalue weighted by Gasteiger charge is -2.42. The molecule has 8 nitrogen and oxygen atoms in total. The topological polar surface area (TPSA) is 151 Å². The average Bonchev–Trinajstić information content (AvgIpc) is 2.67. The number of benzene rings is 1. The monoisotopic (exact) mass is 439 g/mol. The Balaban J connectivity index is 1.85. The van der Waals surface area contributed by atoms with Gasteiger partial charge in [-0.3, -0.25) is 4.79 Å². The number of nitrogens with two attached hydrogens (primary N) is 2. The van der Waals surface area contributed by atoms with Crippen molar-refractivity contribution < 1.29 is 14.2 Å². The van der Waals surface area contributed by atoms with Gasteiger partial charge in [-0.15, -0.1) is 0 Å². The number of aromatic nitrogens is 2. The van der Waals surface area contributed by atoms with Crippen LogP contribution in [0.2, 0.25) is 0 Å². The molecular weight excluding hydrogens is 413 g/mol. The van der Waals surface area contributed by atoms with Gasteiger partial charge in [0.05, 0.1) is 16.8 Å². The third-order valence-corrected chi connectivity index (χ3v) is 6.19. The zero-order valence-electron chi connectivity index (χ0n) is 18.1. The van der Waals surface area contributed by atoms with Crippen molar-refractivity contribution in [2.75, 3.05) is 11.5 Å². The Hall–Kier alpha value is -3.46. The summed E-state index contributed by atoms with van der Waals surface area (Å²) < 4.78 is 20.1. The van der Waals surface area contributed by atoms with E-state index in [1.54, 1.807) is 19.9 Å². The molecule has 1 fully saturated rings. The zero-order valence-corrected chi connectivity index (χ0v) is 18.1. The van der Waals surface area contributed by atoms with Gasteiger partial charge >= 0.3 is 0 Å². The summed E-state index contributed by atoms with van der Waals surface area (Å²) in [6, 6.07) is 4.34. The summed E-state index contributed by atoms with van der Waals surface area (Å²) in [6.45, 7) is 5.39. The molecule has 1 aromatic carbocycles. The predicted molar refractivity (Wildman–Crippen MR) is 123 cm³/mol. The molecule has 2 aromatic heterocycles. The highest BCUT2D eigenvalue weighted by Gasteiger charge is 2.40. The molecule has 3 aromatic rings. The van der Waals surface area contributed by atoms with Crippen molar-refractivity contribution in [2.45, 2.75) is 45.3 Å². The molecule has 1 saturated carbocycles. The molecule has 0 spiro atoms. The Bertz CT molecular complexity index is 1290. The van der Waals surface area contributed by atoms with Crippen molar-refractivity contribution >= 4 is 28.6 Å². The van der Waals surface area contributed by atoms with E-state index < -0.39 is 17.0 Å². The molecule has 0 radical (unpaired) electrons. The van der Waals surface area contributed by atoms with E-state index in [2.05, 4.69) is 9.97 Å².